The molecule has 2 aromatic rings. The molecule has 1 aromatic carbocycles. The highest BCUT2D eigenvalue weighted by Gasteiger charge is 2.33. The first-order chi connectivity index (χ1) is 10.7. The van der Waals surface area contributed by atoms with Crippen LogP contribution in [0.4, 0.5) is 30.5 Å². The van der Waals surface area contributed by atoms with Gasteiger partial charge in [-0.2, -0.15) is 13.2 Å². The van der Waals surface area contributed by atoms with Gasteiger partial charge in [-0.25, -0.2) is 9.97 Å². The number of benzene rings is 1. The molecule has 122 valence electrons. The number of aromatic nitrogens is 2. The average molecular weight is 324 g/mol. The zero-order valence-electron chi connectivity index (χ0n) is 12.7. The van der Waals surface area contributed by atoms with Gasteiger partial charge in [0.2, 0.25) is 11.9 Å². The number of nitrogens with zero attached hydrogens (tertiary/aromatic N) is 2. The first-order valence-corrected chi connectivity index (χ1v) is 6.73. The summed E-state index contributed by atoms with van der Waals surface area (Å²) in [5.41, 5.74) is 1.05. The molecule has 0 saturated heterocycles. The van der Waals surface area contributed by atoms with E-state index in [4.69, 9.17) is 0 Å². The Morgan fingerprint density at radius 2 is 1.91 bits per heavy atom. The van der Waals surface area contributed by atoms with Gasteiger partial charge in [-0.1, -0.05) is 0 Å². The summed E-state index contributed by atoms with van der Waals surface area (Å²) in [5.74, 6) is -0.113. The van der Waals surface area contributed by atoms with Crippen LogP contribution in [0.5, 0.6) is 0 Å². The number of rotatable bonds is 3. The molecule has 0 aliphatic carbocycles. The third-order valence-electron chi connectivity index (χ3n) is 3.08. The van der Waals surface area contributed by atoms with Crippen molar-refractivity contribution in [2.24, 2.45) is 0 Å². The number of carbonyl (C=O) groups excluding carboxylic acids is 1. The molecule has 1 amide bonds. The van der Waals surface area contributed by atoms with E-state index in [0.717, 1.165) is 11.8 Å². The molecule has 8 heteroatoms. The van der Waals surface area contributed by atoms with Crippen LogP contribution in [0.1, 0.15) is 23.7 Å². The van der Waals surface area contributed by atoms with Crippen LogP contribution in [-0.2, 0) is 11.0 Å². The molecule has 0 fully saturated rings. The molecule has 23 heavy (non-hydrogen) atoms. The Morgan fingerprint density at radius 1 is 1.22 bits per heavy atom. The Morgan fingerprint density at radius 3 is 2.43 bits per heavy atom. The first kappa shape index (κ1) is 16.7. The van der Waals surface area contributed by atoms with Gasteiger partial charge in [0.1, 0.15) is 0 Å². The van der Waals surface area contributed by atoms with E-state index >= 15 is 0 Å². The number of hydrogen-bond acceptors (Lipinski definition) is 4. The Bertz CT molecular complexity index is 744. The highest BCUT2D eigenvalue weighted by atomic mass is 19.4. The maximum Gasteiger partial charge on any atom is 0.419 e. The fraction of sp³-hybridized carbons (Fsp3) is 0.267. The summed E-state index contributed by atoms with van der Waals surface area (Å²) < 4.78 is 38.0. The van der Waals surface area contributed by atoms with E-state index in [9.17, 15) is 18.0 Å². The number of aryl methyl sites for hydroxylation is 2. The van der Waals surface area contributed by atoms with Gasteiger partial charge in [-0.3, -0.25) is 4.79 Å². The minimum atomic E-state index is -4.47. The first-order valence-electron chi connectivity index (χ1n) is 6.73. The number of alkyl halides is 3. The van der Waals surface area contributed by atoms with Crippen molar-refractivity contribution in [3.8, 4) is 0 Å². The maximum absolute atomic E-state index is 12.7. The molecule has 1 heterocycles. The summed E-state index contributed by atoms with van der Waals surface area (Å²) in [6.45, 7) is 4.49. The standard InChI is InChI=1S/C15H15F3N4O/c1-8-6-11(4-5-13(8)21-10(3)23)22-14-19-7-12(9(2)20-14)15(16,17)18/h4-7H,1-3H3,(H,21,23)(H,19,20,22). The molecular formula is C15H15F3N4O. The van der Waals surface area contributed by atoms with E-state index in [-0.39, 0.29) is 17.5 Å². The summed E-state index contributed by atoms with van der Waals surface area (Å²) >= 11 is 0. The molecule has 0 aliphatic rings. The second kappa shape index (κ2) is 6.23. The number of nitrogens with one attached hydrogen (secondary N) is 2. The summed E-state index contributed by atoms with van der Waals surface area (Å²) in [7, 11) is 0. The Labute approximate surface area is 131 Å². The molecular weight excluding hydrogens is 309 g/mol. The highest BCUT2D eigenvalue weighted by Crippen LogP contribution is 2.31. The zero-order chi connectivity index (χ0) is 17.2. The van der Waals surface area contributed by atoms with Gasteiger partial charge < -0.3 is 10.6 Å². The van der Waals surface area contributed by atoms with E-state index in [1.807, 2.05) is 0 Å². The van der Waals surface area contributed by atoms with Crippen molar-refractivity contribution < 1.29 is 18.0 Å². The van der Waals surface area contributed by atoms with Crippen LogP contribution in [0.2, 0.25) is 0 Å². The van der Waals surface area contributed by atoms with E-state index in [1.54, 1.807) is 25.1 Å². The van der Waals surface area contributed by atoms with Gasteiger partial charge in [-0.05, 0) is 37.6 Å². The minimum absolute atomic E-state index is 0.0715. The number of anilines is 3. The SMILES string of the molecule is CC(=O)Nc1ccc(Nc2ncc(C(F)(F)F)c(C)n2)cc1C. The summed E-state index contributed by atoms with van der Waals surface area (Å²) in [5, 5.41) is 5.52. The molecule has 0 spiro atoms. The van der Waals surface area contributed by atoms with Crippen LogP contribution in [0, 0.1) is 13.8 Å². The van der Waals surface area contributed by atoms with Crippen molar-refractivity contribution in [3.63, 3.8) is 0 Å². The molecule has 5 nitrogen and oxygen atoms in total. The molecule has 0 unspecified atom stereocenters. The lowest BCUT2D eigenvalue weighted by molar-refractivity contribution is -0.138. The summed E-state index contributed by atoms with van der Waals surface area (Å²) in [6.07, 6.45) is -3.72. The van der Waals surface area contributed by atoms with Crippen LogP contribution in [0.25, 0.3) is 0 Å². The van der Waals surface area contributed by atoms with Gasteiger partial charge in [0.05, 0.1) is 11.3 Å². The van der Waals surface area contributed by atoms with Crippen LogP contribution in [0.15, 0.2) is 24.4 Å². The van der Waals surface area contributed by atoms with Gasteiger partial charge >= 0.3 is 6.18 Å². The largest absolute Gasteiger partial charge is 0.419 e. The third kappa shape index (κ3) is 4.18. The second-order valence-electron chi connectivity index (χ2n) is 5.03. The third-order valence-corrected chi connectivity index (χ3v) is 3.08. The zero-order valence-corrected chi connectivity index (χ0v) is 12.7. The van der Waals surface area contributed by atoms with Gasteiger partial charge in [0, 0.05) is 24.5 Å². The van der Waals surface area contributed by atoms with Crippen LogP contribution in [-0.4, -0.2) is 15.9 Å². The van der Waals surface area contributed by atoms with Crippen LogP contribution >= 0.6 is 0 Å². The Hall–Kier alpha value is -2.64. The number of hydrogen-bond donors (Lipinski definition) is 2. The van der Waals surface area contributed by atoms with Crippen LogP contribution in [0.3, 0.4) is 0 Å². The van der Waals surface area contributed by atoms with Crippen molar-refractivity contribution in [3.05, 3.63) is 41.2 Å². The molecule has 2 rings (SSSR count). The smallest absolute Gasteiger partial charge is 0.326 e. The molecule has 1 aromatic heterocycles. The second-order valence-corrected chi connectivity index (χ2v) is 5.03. The molecule has 0 bridgehead atoms. The highest BCUT2D eigenvalue weighted by molar-refractivity contribution is 5.89. The Kier molecular flexibility index (Phi) is 4.53. The lowest BCUT2D eigenvalue weighted by Gasteiger charge is -2.12. The summed E-state index contributed by atoms with van der Waals surface area (Å²) in [4.78, 5) is 18.6. The lowest BCUT2D eigenvalue weighted by atomic mass is 10.1. The normalized spacial score (nSPS) is 11.2. The average Bonchev–Trinajstić information content (AvgIpc) is 2.40. The topological polar surface area (TPSA) is 66.9 Å². The maximum atomic E-state index is 12.7. The predicted octanol–water partition coefficient (Wildman–Crippen LogP) is 3.81. The van der Waals surface area contributed by atoms with E-state index in [2.05, 4.69) is 20.6 Å². The monoisotopic (exact) mass is 324 g/mol. The van der Waals surface area contributed by atoms with Crippen molar-refractivity contribution in [1.29, 1.82) is 0 Å². The number of halogens is 3. The van der Waals surface area contributed by atoms with E-state index in [0.29, 0.717) is 11.4 Å². The fourth-order valence-electron chi connectivity index (χ4n) is 2.01. The van der Waals surface area contributed by atoms with Crippen LogP contribution < -0.4 is 10.6 Å². The summed E-state index contributed by atoms with van der Waals surface area (Å²) in [6, 6.07) is 5.10. The molecule has 0 radical (unpaired) electrons. The van der Waals surface area contributed by atoms with E-state index < -0.39 is 11.7 Å². The molecule has 0 saturated carbocycles. The van der Waals surface area contributed by atoms with Crippen molar-refractivity contribution >= 4 is 23.2 Å². The molecule has 0 atom stereocenters. The lowest BCUT2D eigenvalue weighted by Crippen LogP contribution is -2.11. The fourth-order valence-corrected chi connectivity index (χ4v) is 2.01. The number of amides is 1. The molecule has 2 N–H and O–H groups in total. The minimum Gasteiger partial charge on any atom is -0.326 e. The number of carbonyl (C=O) groups is 1. The van der Waals surface area contributed by atoms with Crippen molar-refractivity contribution in [2.75, 3.05) is 10.6 Å². The van der Waals surface area contributed by atoms with Gasteiger partial charge in [-0.15, -0.1) is 0 Å². The van der Waals surface area contributed by atoms with Crippen molar-refractivity contribution in [1.82, 2.24) is 9.97 Å². The Balaban J connectivity index is 2.21. The van der Waals surface area contributed by atoms with Gasteiger partial charge in [0.15, 0.2) is 0 Å². The predicted molar refractivity (Wildman–Crippen MR) is 80.5 cm³/mol. The van der Waals surface area contributed by atoms with Gasteiger partial charge in [0.25, 0.3) is 0 Å². The van der Waals surface area contributed by atoms with Crippen molar-refractivity contribution in [2.45, 2.75) is 26.9 Å². The van der Waals surface area contributed by atoms with E-state index in [1.165, 1.54) is 13.8 Å². The molecule has 0 aliphatic heterocycles. The quantitative estimate of drug-likeness (QED) is 0.901.